The minimum absolute atomic E-state index is 0.199. The minimum atomic E-state index is -3.55. The topological polar surface area (TPSA) is 70.8 Å². The van der Waals surface area contributed by atoms with E-state index in [0.717, 1.165) is 18.4 Å². The Kier molecular flexibility index (Phi) is 5.66. The van der Waals surface area contributed by atoms with E-state index in [-0.39, 0.29) is 16.6 Å². The van der Waals surface area contributed by atoms with Gasteiger partial charge in [0.05, 0.1) is 4.90 Å². The molecule has 1 aromatic heterocycles. The molecule has 2 aromatic carbocycles. The lowest BCUT2D eigenvalue weighted by atomic mass is 10.0. The van der Waals surface area contributed by atoms with Crippen LogP contribution >= 0.6 is 0 Å². The van der Waals surface area contributed by atoms with E-state index in [1.807, 2.05) is 30.3 Å². The van der Waals surface area contributed by atoms with Crippen LogP contribution in [-0.2, 0) is 16.6 Å². The number of carbonyl (C=O) groups excluding carboxylic acids is 1. The predicted molar refractivity (Wildman–Crippen MR) is 116 cm³/mol. The van der Waals surface area contributed by atoms with Gasteiger partial charge in [0.2, 0.25) is 10.0 Å². The summed E-state index contributed by atoms with van der Waals surface area (Å²) in [6, 6.07) is 16.1. The number of fused-ring (bicyclic) bond motifs is 1. The molecule has 1 aliphatic heterocycles. The molecule has 0 saturated carbocycles. The summed E-state index contributed by atoms with van der Waals surface area (Å²) >= 11 is 0. The minimum Gasteiger partial charge on any atom is -0.451 e. The van der Waals surface area contributed by atoms with Gasteiger partial charge in [-0.2, -0.15) is 4.31 Å². The van der Waals surface area contributed by atoms with E-state index >= 15 is 0 Å². The fourth-order valence-corrected chi connectivity index (χ4v) is 5.28. The lowest BCUT2D eigenvalue weighted by Crippen LogP contribution is -2.37. The normalized spacial score (nSPS) is 16.1. The first-order chi connectivity index (χ1) is 14.3. The third kappa shape index (κ3) is 4.13. The van der Waals surface area contributed by atoms with Gasteiger partial charge in [-0.15, -0.1) is 0 Å². The smallest absolute Gasteiger partial charge is 0.289 e. The van der Waals surface area contributed by atoms with Gasteiger partial charge in [0.1, 0.15) is 5.58 Å². The van der Waals surface area contributed by atoms with E-state index in [9.17, 15) is 13.2 Å². The first-order valence-corrected chi connectivity index (χ1v) is 11.6. The van der Waals surface area contributed by atoms with E-state index in [1.165, 1.54) is 0 Å². The van der Waals surface area contributed by atoms with Crippen molar-refractivity contribution in [2.45, 2.75) is 31.2 Å². The standard InChI is InChI=1S/C23H26N2O4S/c1-17-10-12-25(13-11-17)30(27,28)20-8-9-21-19(14-20)15-22(29-21)23(26)24(2)16-18-6-4-3-5-7-18/h3-9,14-15,17H,10-13,16H2,1-2H3. The Bertz CT molecular complexity index is 1150. The number of carbonyl (C=O) groups is 1. The molecule has 0 N–H and O–H groups in total. The third-order valence-corrected chi connectivity index (χ3v) is 7.58. The molecule has 1 fully saturated rings. The van der Waals surface area contributed by atoms with Crippen LogP contribution in [0.2, 0.25) is 0 Å². The van der Waals surface area contributed by atoms with Crippen LogP contribution in [0.25, 0.3) is 11.0 Å². The number of furan rings is 1. The summed E-state index contributed by atoms with van der Waals surface area (Å²) in [5.41, 5.74) is 1.52. The van der Waals surface area contributed by atoms with Crippen molar-refractivity contribution in [1.82, 2.24) is 9.21 Å². The summed E-state index contributed by atoms with van der Waals surface area (Å²) in [5.74, 6) is 0.503. The molecule has 3 aromatic rings. The molecule has 2 heterocycles. The molecule has 0 aliphatic carbocycles. The van der Waals surface area contributed by atoms with Crippen LogP contribution < -0.4 is 0 Å². The highest BCUT2D eigenvalue weighted by Gasteiger charge is 2.28. The molecule has 0 unspecified atom stereocenters. The highest BCUT2D eigenvalue weighted by Crippen LogP contribution is 2.28. The van der Waals surface area contributed by atoms with Gasteiger partial charge in [-0.25, -0.2) is 8.42 Å². The Morgan fingerprint density at radius 3 is 2.50 bits per heavy atom. The van der Waals surface area contributed by atoms with Crippen LogP contribution in [0.15, 0.2) is 63.9 Å². The monoisotopic (exact) mass is 426 g/mol. The van der Waals surface area contributed by atoms with Crippen LogP contribution in [0.4, 0.5) is 0 Å². The molecule has 1 aliphatic rings. The van der Waals surface area contributed by atoms with E-state index < -0.39 is 10.0 Å². The second kappa shape index (κ2) is 8.24. The predicted octanol–water partition coefficient (Wildman–Crippen LogP) is 4.13. The maximum absolute atomic E-state index is 13.0. The molecule has 4 rings (SSSR count). The van der Waals surface area contributed by atoms with Gasteiger partial charge in [-0.05, 0) is 48.6 Å². The van der Waals surface area contributed by atoms with Gasteiger partial charge >= 0.3 is 0 Å². The number of nitrogens with zero attached hydrogens (tertiary/aromatic N) is 2. The average Bonchev–Trinajstić information content (AvgIpc) is 3.17. The molecule has 6 nitrogen and oxygen atoms in total. The number of rotatable bonds is 5. The fourth-order valence-electron chi connectivity index (χ4n) is 3.78. The van der Waals surface area contributed by atoms with Crippen molar-refractivity contribution in [2.24, 2.45) is 5.92 Å². The maximum atomic E-state index is 13.0. The first kappa shape index (κ1) is 20.6. The molecule has 0 radical (unpaired) electrons. The molecule has 1 amide bonds. The highest BCUT2D eigenvalue weighted by atomic mass is 32.2. The summed E-state index contributed by atoms with van der Waals surface area (Å²) in [4.78, 5) is 14.6. The zero-order valence-corrected chi connectivity index (χ0v) is 18.1. The van der Waals surface area contributed by atoms with Gasteiger partial charge in [0.25, 0.3) is 5.91 Å². The number of hydrogen-bond acceptors (Lipinski definition) is 4. The van der Waals surface area contributed by atoms with Crippen LogP contribution in [-0.4, -0.2) is 43.7 Å². The van der Waals surface area contributed by atoms with E-state index in [2.05, 4.69) is 6.92 Å². The van der Waals surface area contributed by atoms with Crippen molar-refractivity contribution < 1.29 is 17.6 Å². The van der Waals surface area contributed by atoms with Gasteiger partial charge in [-0.1, -0.05) is 37.3 Å². The Hall–Kier alpha value is -2.64. The molecule has 0 spiro atoms. The van der Waals surface area contributed by atoms with Crippen molar-refractivity contribution in [2.75, 3.05) is 20.1 Å². The second-order valence-corrected chi connectivity index (χ2v) is 9.98. The lowest BCUT2D eigenvalue weighted by molar-refractivity contribution is 0.0756. The summed E-state index contributed by atoms with van der Waals surface area (Å²) in [7, 11) is -1.83. The first-order valence-electron chi connectivity index (χ1n) is 10.2. The Morgan fingerprint density at radius 2 is 1.80 bits per heavy atom. The second-order valence-electron chi connectivity index (χ2n) is 8.04. The molecule has 0 bridgehead atoms. The maximum Gasteiger partial charge on any atom is 0.289 e. The SMILES string of the molecule is CC1CCN(S(=O)(=O)c2ccc3oc(C(=O)N(C)Cc4ccccc4)cc3c2)CC1. The lowest BCUT2D eigenvalue weighted by Gasteiger charge is -2.29. The molecule has 30 heavy (non-hydrogen) atoms. The Labute approximate surface area is 177 Å². The quantitative estimate of drug-likeness (QED) is 0.615. The van der Waals surface area contributed by atoms with Crippen LogP contribution in [0, 0.1) is 5.92 Å². The van der Waals surface area contributed by atoms with Crippen molar-refractivity contribution in [3.63, 3.8) is 0 Å². The fraction of sp³-hybridized carbons (Fsp3) is 0.348. The van der Waals surface area contributed by atoms with Crippen LogP contribution in [0.1, 0.15) is 35.9 Å². The van der Waals surface area contributed by atoms with E-state index in [0.29, 0.717) is 36.5 Å². The van der Waals surface area contributed by atoms with Crippen molar-refractivity contribution in [3.05, 3.63) is 65.9 Å². The largest absolute Gasteiger partial charge is 0.451 e. The van der Waals surface area contributed by atoms with Crippen molar-refractivity contribution >= 4 is 26.9 Å². The molecular weight excluding hydrogens is 400 g/mol. The number of benzene rings is 2. The average molecular weight is 427 g/mol. The highest BCUT2D eigenvalue weighted by molar-refractivity contribution is 7.89. The summed E-state index contributed by atoms with van der Waals surface area (Å²) in [6.45, 7) is 3.69. The van der Waals surface area contributed by atoms with E-state index in [1.54, 1.807) is 40.5 Å². The van der Waals surface area contributed by atoms with E-state index in [4.69, 9.17) is 4.42 Å². The van der Waals surface area contributed by atoms with Gasteiger partial charge in [-0.3, -0.25) is 4.79 Å². The molecule has 158 valence electrons. The number of sulfonamides is 1. The van der Waals surface area contributed by atoms with Crippen molar-refractivity contribution in [1.29, 1.82) is 0 Å². The Morgan fingerprint density at radius 1 is 1.10 bits per heavy atom. The molecule has 0 atom stereocenters. The van der Waals surface area contributed by atoms with Crippen molar-refractivity contribution in [3.8, 4) is 0 Å². The third-order valence-electron chi connectivity index (χ3n) is 5.69. The Balaban J connectivity index is 1.55. The molecule has 7 heteroatoms. The van der Waals surface area contributed by atoms with Gasteiger partial charge in [0, 0.05) is 32.1 Å². The summed E-state index contributed by atoms with van der Waals surface area (Å²) in [6.07, 6.45) is 1.75. The van der Waals surface area contributed by atoms with Gasteiger partial charge < -0.3 is 9.32 Å². The number of amides is 1. The van der Waals surface area contributed by atoms with Gasteiger partial charge in [0.15, 0.2) is 5.76 Å². The zero-order valence-electron chi connectivity index (χ0n) is 17.2. The zero-order chi connectivity index (χ0) is 21.3. The summed E-state index contributed by atoms with van der Waals surface area (Å²) in [5, 5.41) is 0.609. The molecular formula is C23H26N2O4S. The number of piperidine rings is 1. The number of hydrogen-bond donors (Lipinski definition) is 0. The van der Waals surface area contributed by atoms with Crippen LogP contribution in [0.5, 0.6) is 0 Å². The summed E-state index contributed by atoms with van der Waals surface area (Å²) < 4.78 is 33.3. The molecule has 1 saturated heterocycles. The van der Waals surface area contributed by atoms with Crippen LogP contribution in [0.3, 0.4) is 0 Å².